The number of benzene rings is 2. The molecule has 2 fully saturated rings. The molecule has 2 aromatic heterocycles. The van der Waals surface area contributed by atoms with Crippen LogP contribution in [-0.2, 0) is 6.42 Å². The summed E-state index contributed by atoms with van der Waals surface area (Å²) in [5.41, 5.74) is 0.886. The molecule has 0 saturated carbocycles. The Kier molecular flexibility index (Phi) is 9.49. The van der Waals surface area contributed by atoms with Gasteiger partial charge in [-0.05, 0) is 82.4 Å². The van der Waals surface area contributed by atoms with Gasteiger partial charge in [-0.15, -0.1) is 6.42 Å². The Balaban J connectivity index is 0.00000190. The van der Waals surface area contributed by atoms with Crippen LogP contribution in [0, 0.1) is 24.0 Å². The number of halogens is 2. The van der Waals surface area contributed by atoms with Gasteiger partial charge in [0.25, 0.3) is 0 Å². The Morgan fingerprint density at radius 1 is 1.04 bits per heavy atom. The summed E-state index contributed by atoms with van der Waals surface area (Å²) < 4.78 is 38.1. The summed E-state index contributed by atoms with van der Waals surface area (Å²) in [6, 6.07) is 5.78. The largest absolute Gasteiger partial charge is 0.508 e. The van der Waals surface area contributed by atoms with Gasteiger partial charge in [0.1, 0.15) is 35.2 Å². The number of aromatic nitrogens is 3. The van der Waals surface area contributed by atoms with E-state index in [1.54, 1.807) is 0 Å². The lowest BCUT2D eigenvalue weighted by atomic mass is 9.95. The monoisotopic (exact) mass is 642 g/mol. The smallest absolute Gasteiger partial charge is 0.319 e. The predicted molar refractivity (Wildman–Crippen MR) is 183 cm³/mol. The molecule has 0 spiro atoms. The quantitative estimate of drug-likeness (QED) is 0.206. The van der Waals surface area contributed by atoms with Crippen molar-refractivity contribution in [3.05, 3.63) is 47.2 Å². The molecule has 8 nitrogen and oxygen atoms in total. The number of pyridine rings is 1. The van der Waals surface area contributed by atoms with E-state index in [1.165, 1.54) is 24.3 Å². The van der Waals surface area contributed by atoms with Gasteiger partial charge < -0.3 is 19.6 Å². The summed E-state index contributed by atoms with van der Waals surface area (Å²) in [5.74, 6) is 1.64. The minimum absolute atomic E-state index is 0.0100. The van der Waals surface area contributed by atoms with Crippen LogP contribution in [0.5, 0.6) is 11.8 Å². The number of rotatable bonds is 9. The molecule has 0 bridgehead atoms. The number of hydrogen-bond donors (Lipinski definition) is 1. The molecule has 10 heteroatoms. The second-order valence-electron chi connectivity index (χ2n) is 12.7. The van der Waals surface area contributed by atoms with Crippen molar-refractivity contribution >= 4 is 27.5 Å². The molecule has 2 aromatic carbocycles. The average molecular weight is 643 g/mol. The van der Waals surface area contributed by atoms with Gasteiger partial charge in [0, 0.05) is 37.0 Å². The molecule has 3 aliphatic rings. The Morgan fingerprint density at radius 3 is 2.53 bits per heavy atom. The molecule has 7 rings (SSSR count). The predicted octanol–water partition coefficient (Wildman–Crippen LogP) is 6.55. The van der Waals surface area contributed by atoms with Crippen LogP contribution in [-0.4, -0.2) is 88.3 Å². The van der Waals surface area contributed by atoms with E-state index in [1.807, 2.05) is 13.8 Å². The second kappa shape index (κ2) is 13.6. The first-order chi connectivity index (χ1) is 22.8. The Morgan fingerprint density at radius 2 is 1.81 bits per heavy atom. The second-order valence-corrected chi connectivity index (χ2v) is 12.7. The lowest BCUT2D eigenvalue weighted by molar-refractivity contribution is 0.108. The van der Waals surface area contributed by atoms with E-state index in [0.29, 0.717) is 53.8 Å². The van der Waals surface area contributed by atoms with Crippen molar-refractivity contribution < 1.29 is 18.6 Å². The maximum Gasteiger partial charge on any atom is 0.319 e. The minimum Gasteiger partial charge on any atom is -0.508 e. The van der Waals surface area contributed by atoms with Gasteiger partial charge in [-0.2, -0.15) is 9.97 Å². The molecule has 0 aliphatic carbocycles. The molecule has 0 atom stereocenters. The molecule has 4 aromatic rings. The van der Waals surface area contributed by atoms with Crippen molar-refractivity contribution in [1.29, 1.82) is 0 Å². The molecule has 0 amide bonds. The summed E-state index contributed by atoms with van der Waals surface area (Å²) in [7, 11) is 2.10. The minimum atomic E-state index is -0.687. The number of hydrogen-bond acceptors (Lipinski definition) is 8. The van der Waals surface area contributed by atoms with Crippen LogP contribution >= 0.6 is 0 Å². The van der Waals surface area contributed by atoms with E-state index in [4.69, 9.17) is 21.1 Å². The van der Waals surface area contributed by atoms with E-state index < -0.39 is 11.6 Å². The van der Waals surface area contributed by atoms with Crippen LogP contribution < -0.4 is 9.64 Å². The van der Waals surface area contributed by atoms with Crippen LogP contribution in [0.4, 0.5) is 14.6 Å². The van der Waals surface area contributed by atoms with Gasteiger partial charge in [-0.25, -0.2) is 13.8 Å². The highest BCUT2D eigenvalue weighted by Crippen LogP contribution is 2.42. The van der Waals surface area contributed by atoms with Gasteiger partial charge in [0.15, 0.2) is 5.82 Å². The third-order valence-corrected chi connectivity index (χ3v) is 9.83. The molecule has 3 aliphatic heterocycles. The van der Waals surface area contributed by atoms with Crippen LogP contribution in [0.1, 0.15) is 64.1 Å². The Hall–Kier alpha value is -4.07. The number of phenols is 1. The van der Waals surface area contributed by atoms with E-state index >= 15 is 4.39 Å². The summed E-state index contributed by atoms with van der Waals surface area (Å²) >= 11 is 0. The molecule has 0 unspecified atom stereocenters. The molecule has 1 N–H and O–H groups in total. The Labute approximate surface area is 275 Å². The van der Waals surface area contributed by atoms with Gasteiger partial charge in [-0.1, -0.05) is 32.8 Å². The molecular formula is C37H44F2N6O2. The third kappa shape index (κ3) is 5.96. The number of likely N-dealkylation sites (N-methyl/N-ethyl adjacent to an activating group) is 1. The van der Waals surface area contributed by atoms with E-state index in [-0.39, 0.29) is 39.6 Å². The molecule has 5 heterocycles. The van der Waals surface area contributed by atoms with Crippen molar-refractivity contribution in [2.24, 2.45) is 0 Å². The maximum atomic E-state index is 16.9. The SMILES string of the molecule is C#Cc1c(F)ccc2cc(O)cc(-c3nc4c5c(nc(OCC67CCCN6CCC7)nc5c3F)N(CCN(C)CCC)CC4)c12.CC. The standard InChI is InChI=1S/C35H38F2N6O2.C2H6/c1-4-13-41(3)17-18-42-16-10-27-29-32(39-34(40-33(29)42)45-21-35-11-6-14-43(35)15-7-12-35)30(37)31(38-27)25-20-23(44)19-22-8-9-26(36)24(5-2)28(22)25;1-2/h2,8-9,19-20,44H,4,6-7,10-18,21H2,1,3H3;1-2H3. The number of ether oxygens (including phenoxy) is 1. The van der Waals surface area contributed by atoms with Crippen LogP contribution in [0.2, 0.25) is 0 Å². The number of phenolic OH excluding ortho intramolecular Hbond substituents is 1. The lowest BCUT2D eigenvalue weighted by Crippen LogP contribution is -2.43. The van der Waals surface area contributed by atoms with E-state index in [9.17, 15) is 9.50 Å². The average Bonchev–Trinajstić information content (AvgIpc) is 3.66. The first kappa shape index (κ1) is 32.9. The fraction of sp³-hybridized carbons (Fsp3) is 0.486. The Bertz CT molecular complexity index is 1830. The molecule has 2 saturated heterocycles. The van der Waals surface area contributed by atoms with Crippen LogP contribution in [0.25, 0.3) is 32.9 Å². The zero-order chi connectivity index (χ0) is 33.3. The fourth-order valence-electron chi connectivity index (χ4n) is 7.62. The van der Waals surface area contributed by atoms with E-state index in [0.717, 1.165) is 58.3 Å². The summed E-state index contributed by atoms with van der Waals surface area (Å²) in [4.78, 5) is 21.3. The molecule has 47 heavy (non-hydrogen) atoms. The number of fused-ring (bicyclic) bond motifs is 2. The van der Waals surface area contributed by atoms with Gasteiger partial charge in [-0.3, -0.25) is 4.90 Å². The summed E-state index contributed by atoms with van der Waals surface area (Å²) in [6.07, 6.45) is 11.7. The zero-order valence-electron chi connectivity index (χ0n) is 27.9. The van der Waals surface area contributed by atoms with Gasteiger partial charge >= 0.3 is 6.01 Å². The first-order valence-electron chi connectivity index (χ1n) is 17.0. The number of anilines is 1. The van der Waals surface area contributed by atoms with Crippen LogP contribution in [0.3, 0.4) is 0 Å². The van der Waals surface area contributed by atoms with Crippen molar-refractivity contribution in [1.82, 2.24) is 24.8 Å². The highest BCUT2D eigenvalue weighted by Gasteiger charge is 2.45. The third-order valence-electron chi connectivity index (χ3n) is 9.83. The zero-order valence-corrected chi connectivity index (χ0v) is 27.9. The van der Waals surface area contributed by atoms with Crippen molar-refractivity contribution in [2.45, 2.75) is 64.8 Å². The maximum absolute atomic E-state index is 16.9. The van der Waals surface area contributed by atoms with Crippen molar-refractivity contribution in [2.75, 3.05) is 57.8 Å². The van der Waals surface area contributed by atoms with Crippen molar-refractivity contribution in [3.63, 3.8) is 0 Å². The highest BCUT2D eigenvalue weighted by atomic mass is 19.1. The lowest BCUT2D eigenvalue weighted by Gasteiger charge is -2.33. The number of terminal acetylenes is 1. The normalized spacial score (nSPS) is 16.8. The summed E-state index contributed by atoms with van der Waals surface area (Å²) in [6.45, 7) is 11.9. The summed E-state index contributed by atoms with van der Waals surface area (Å²) in [5, 5.41) is 12.0. The number of nitrogens with zero attached hydrogens (tertiary/aromatic N) is 6. The number of aromatic hydroxyl groups is 1. The van der Waals surface area contributed by atoms with Crippen LogP contribution in [0.15, 0.2) is 24.3 Å². The van der Waals surface area contributed by atoms with E-state index in [2.05, 4.69) is 39.6 Å². The van der Waals surface area contributed by atoms with Gasteiger partial charge in [0.05, 0.1) is 22.2 Å². The molecule has 0 radical (unpaired) electrons. The highest BCUT2D eigenvalue weighted by molar-refractivity contribution is 6.03. The topological polar surface area (TPSA) is 77.8 Å². The van der Waals surface area contributed by atoms with Crippen molar-refractivity contribution in [3.8, 4) is 35.4 Å². The first-order valence-corrected chi connectivity index (χ1v) is 17.0. The molecular weight excluding hydrogens is 598 g/mol. The molecule has 248 valence electrons. The van der Waals surface area contributed by atoms with Gasteiger partial charge in [0.2, 0.25) is 0 Å². The fourth-order valence-corrected chi connectivity index (χ4v) is 7.62.